The van der Waals surface area contributed by atoms with Crippen molar-refractivity contribution in [3.63, 3.8) is 0 Å². The first-order chi connectivity index (χ1) is 8.65. The molecule has 0 fully saturated rings. The van der Waals surface area contributed by atoms with Gasteiger partial charge in [0, 0.05) is 5.56 Å². The molecule has 4 heteroatoms. The Hall–Kier alpha value is -1.81. The molecule has 1 aromatic carbocycles. The largest absolute Gasteiger partial charge is 0.496 e. The van der Waals surface area contributed by atoms with Gasteiger partial charge in [-0.25, -0.2) is 0 Å². The summed E-state index contributed by atoms with van der Waals surface area (Å²) >= 11 is 0. The Bertz CT molecular complexity index is 414. The quantitative estimate of drug-likeness (QED) is 0.620. The summed E-state index contributed by atoms with van der Waals surface area (Å²) in [5.41, 5.74) is 0.567. The third kappa shape index (κ3) is 3.11. The minimum atomic E-state index is -0.980. The molecule has 0 bridgehead atoms. The second-order valence-electron chi connectivity index (χ2n) is 3.84. The molecule has 18 heavy (non-hydrogen) atoms. The third-order valence-electron chi connectivity index (χ3n) is 2.76. The fraction of sp³-hybridized carbons (Fsp3) is 0.357. The van der Waals surface area contributed by atoms with Crippen molar-refractivity contribution in [3.05, 3.63) is 42.5 Å². The zero-order valence-corrected chi connectivity index (χ0v) is 10.6. The van der Waals surface area contributed by atoms with Crippen LogP contribution < -0.4 is 4.74 Å². The van der Waals surface area contributed by atoms with Crippen LogP contribution in [0, 0.1) is 5.92 Å². The van der Waals surface area contributed by atoms with Crippen molar-refractivity contribution in [1.82, 2.24) is 0 Å². The molecule has 0 aliphatic carbocycles. The lowest BCUT2D eigenvalue weighted by Crippen LogP contribution is -2.23. The van der Waals surface area contributed by atoms with Gasteiger partial charge >= 0.3 is 5.97 Å². The van der Waals surface area contributed by atoms with Gasteiger partial charge in [-0.05, 0) is 12.5 Å². The van der Waals surface area contributed by atoms with Crippen molar-refractivity contribution in [2.75, 3.05) is 14.2 Å². The van der Waals surface area contributed by atoms with Crippen LogP contribution in [0.3, 0.4) is 0 Å². The van der Waals surface area contributed by atoms with Crippen molar-refractivity contribution in [3.8, 4) is 5.75 Å². The first-order valence-electron chi connectivity index (χ1n) is 5.65. The van der Waals surface area contributed by atoms with E-state index in [2.05, 4.69) is 6.58 Å². The molecule has 1 N–H and O–H groups in total. The smallest absolute Gasteiger partial charge is 0.311 e. The van der Waals surface area contributed by atoms with Crippen LogP contribution in [-0.4, -0.2) is 25.3 Å². The molecule has 0 aliphatic rings. The summed E-state index contributed by atoms with van der Waals surface area (Å²) in [5, 5.41) is 10.3. The molecule has 0 saturated heterocycles. The van der Waals surface area contributed by atoms with Gasteiger partial charge in [-0.2, -0.15) is 0 Å². The number of allylic oxidation sites excluding steroid dienone is 1. The summed E-state index contributed by atoms with van der Waals surface area (Å²) < 4.78 is 9.86. The van der Waals surface area contributed by atoms with Gasteiger partial charge in [0.1, 0.15) is 5.75 Å². The van der Waals surface area contributed by atoms with Gasteiger partial charge in [0.2, 0.25) is 0 Å². The predicted molar refractivity (Wildman–Crippen MR) is 68.3 cm³/mol. The zero-order valence-electron chi connectivity index (χ0n) is 10.6. The van der Waals surface area contributed by atoms with Crippen LogP contribution in [0.25, 0.3) is 0 Å². The van der Waals surface area contributed by atoms with Gasteiger partial charge in [0.05, 0.1) is 26.2 Å². The molecular weight excluding hydrogens is 232 g/mol. The molecule has 1 unspecified atom stereocenters. The summed E-state index contributed by atoms with van der Waals surface area (Å²) in [5.74, 6) is -0.597. The van der Waals surface area contributed by atoms with E-state index in [1.807, 2.05) is 0 Å². The predicted octanol–water partition coefficient (Wildman–Crippen LogP) is 2.09. The number of esters is 1. The number of benzene rings is 1. The Labute approximate surface area is 107 Å². The van der Waals surface area contributed by atoms with Crippen LogP contribution in [0.15, 0.2) is 36.9 Å². The number of hydrogen-bond acceptors (Lipinski definition) is 4. The normalized spacial score (nSPS) is 13.5. The first kappa shape index (κ1) is 14.3. The average Bonchev–Trinajstić information content (AvgIpc) is 2.43. The molecule has 1 rings (SSSR count). The summed E-state index contributed by atoms with van der Waals surface area (Å²) in [6.07, 6.45) is 0.943. The number of ether oxygens (including phenoxy) is 2. The van der Waals surface area contributed by atoms with E-state index in [9.17, 15) is 9.90 Å². The van der Waals surface area contributed by atoms with Crippen molar-refractivity contribution in [1.29, 1.82) is 0 Å². The molecule has 0 heterocycles. The van der Waals surface area contributed by atoms with Crippen LogP contribution in [0.1, 0.15) is 18.1 Å². The number of hydrogen-bond donors (Lipinski definition) is 1. The number of rotatable bonds is 6. The summed E-state index contributed by atoms with van der Waals surface area (Å²) in [7, 11) is 2.82. The molecule has 0 spiro atoms. The van der Waals surface area contributed by atoms with Gasteiger partial charge in [0.25, 0.3) is 0 Å². The van der Waals surface area contributed by atoms with Gasteiger partial charge in [-0.3, -0.25) is 4.79 Å². The molecule has 4 nitrogen and oxygen atoms in total. The number of carbonyl (C=O) groups is 1. The van der Waals surface area contributed by atoms with Crippen LogP contribution in [0.4, 0.5) is 0 Å². The van der Waals surface area contributed by atoms with Gasteiger partial charge in [0.15, 0.2) is 0 Å². The minimum absolute atomic E-state index is 0.339. The van der Waals surface area contributed by atoms with E-state index in [0.29, 0.717) is 17.7 Å². The standard InChI is InChI=1S/C14H18O4/c1-4-7-11(14(16)18-3)13(15)10-8-5-6-9-12(10)17-2/h4-6,8-9,11,13,15H,1,7H2,2-3H3/t11?,13-/m1/s1. The molecule has 0 aromatic heterocycles. The zero-order chi connectivity index (χ0) is 13.5. The maximum atomic E-state index is 11.6. The van der Waals surface area contributed by atoms with E-state index in [-0.39, 0.29) is 0 Å². The minimum Gasteiger partial charge on any atom is -0.496 e. The monoisotopic (exact) mass is 250 g/mol. The number of aliphatic hydroxyl groups excluding tert-OH is 1. The Morgan fingerprint density at radius 3 is 2.67 bits per heavy atom. The summed E-state index contributed by atoms with van der Waals surface area (Å²) in [6.45, 7) is 3.59. The fourth-order valence-electron chi connectivity index (χ4n) is 1.81. The van der Waals surface area contributed by atoms with E-state index in [1.54, 1.807) is 30.3 Å². The lowest BCUT2D eigenvalue weighted by atomic mass is 9.92. The number of carbonyl (C=O) groups excluding carboxylic acids is 1. The van der Waals surface area contributed by atoms with E-state index < -0.39 is 18.0 Å². The molecular formula is C14H18O4. The SMILES string of the molecule is C=CCC(C(=O)OC)[C@H](O)c1ccccc1OC. The highest BCUT2D eigenvalue weighted by atomic mass is 16.5. The number of para-hydroxylation sites is 1. The maximum absolute atomic E-state index is 11.6. The number of methoxy groups -OCH3 is 2. The van der Waals surface area contributed by atoms with E-state index in [1.165, 1.54) is 14.2 Å². The molecule has 1 aromatic rings. The summed E-state index contributed by atoms with van der Waals surface area (Å²) in [4.78, 5) is 11.6. The van der Waals surface area contributed by atoms with Crippen molar-refractivity contribution >= 4 is 5.97 Å². The number of aliphatic hydroxyl groups is 1. The highest BCUT2D eigenvalue weighted by molar-refractivity contribution is 5.73. The van der Waals surface area contributed by atoms with Crippen LogP contribution >= 0.6 is 0 Å². The highest BCUT2D eigenvalue weighted by Crippen LogP contribution is 2.32. The molecule has 0 amide bonds. The fourth-order valence-corrected chi connectivity index (χ4v) is 1.81. The second-order valence-corrected chi connectivity index (χ2v) is 3.84. The first-order valence-corrected chi connectivity index (χ1v) is 5.65. The highest BCUT2D eigenvalue weighted by Gasteiger charge is 2.29. The van der Waals surface area contributed by atoms with Gasteiger partial charge < -0.3 is 14.6 Å². The second kappa shape index (κ2) is 6.81. The van der Waals surface area contributed by atoms with E-state index in [4.69, 9.17) is 9.47 Å². The molecule has 0 saturated carbocycles. The van der Waals surface area contributed by atoms with Crippen LogP contribution in [-0.2, 0) is 9.53 Å². The van der Waals surface area contributed by atoms with Crippen LogP contribution in [0.2, 0.25) is 0 Å². The van der Waals surface area contributed by atoms with Crippen molar-refractivity contribution in [2.45, 2.75) is 12.5 Å². The lowest BCUT2D eigenvalue weighted by Gasteiger charge is -2.21. The third-order valence-corrected chi connectivity index (χ3v) is 2.76. The molecule has 0 radical (unpaired) electrons. The Balaban J connectivity index is 3.04. The van der Waals surface area contributed by atoms with Gasteiger partial charge in [-0.1, -0.05) is 24.3 Å². The summed E-state index contributed by atoms with van der Waals surface area (Å²) in [6, 6.07) is 7.04. The van der Waals surface area contributed by atoms with Gasteiger partial charge in [-0.15, -0.1) is 6.58 Å². The molecule has 0 aliphatic heterocycles. The van der Waals surface area contributed by atoms with E-state index >= 15 is 0 Å². The van der Waals surface area contributed by atoms with Crippen molar-refractivity contribution < 1.29 is 19.4 Å². The van der Waals surface area contributed by atoms with Crippen LogP contribution in [0.5, 0.6) is 5.75 Å². The maximum Gasteiger partial charge on any atom is 0.311 e. The topological polar surface area (TPSA) is 55.8 Å². The lowest BCUT2D eigenvalue weighted by molar-refractivity contribution is -0.149. The van der Waals surface area contributed by atoms with Crippen molar-refractivity contribution in [2.24, 2.45) is 5.92 Å². The Kier molecular flexibility index (Phi) is 5.39. The van der Waals surface area contributed by atoms with E-state index in [0.717, 1.165) is 0 Å². The Morgan fingerprint density at radius 2 is 2.11 bits per heavy atom. The molecule has 2 atom stereocenters. The Morgan fingerprint density at radius 1 is 1.44 bits per heavy atom. The molecule has 98 valence electrons. The average molecular weight is 250 g/mol.